The van der Waals surface area contributed by atoms with Gasteiger partial charge in [-0.05, 0) is 25.1 Å². The van der Waals surface area contributed by atoms with Crippen LogP contribution in [0.15, 0.2) is 29.3 Å². The molecule has 0 atom stereocenters. The first-order chi connectivity index (χ1) is 8.94. The van der Waals surface area contributed by atoms with Crippen molar-refractivity contribution in [3.05, 3.63) is 40.5 Å². The van der Waals surface area contributed by atoms with E-state index >= 15 is 0 Å². The molecule has 2 N–H and O–H groups in total. The molecule has 6 nitrogen and oxygen atoms in total. The molecule has 0 bridgehead atoms. The van der Waals surface area contributed by atoms with Gasteiger partial charge in [-0.15, -0.1) is 0 Å². The van der Waals surface area contributed by atoms with Gasteiger partial charge in [-0.3, -0.25) is 9.82 Å². The molecule has 98 valence electrons. The smallest absolute Gasteiger partial charge is 0.263 e. The molecule has 2 aromatic rings. The summed E-state index contributed by atoms with van der Waals surface area (Å²) in [6.07, 6.45) is 1.50. The van der Waals surface area contributed by atoms with Gasteiger partial charge in [-0.1, -0.05) is 11.6 Å². The van der Waals surface area contributed by atoms with Crippen LogP contribution in [0.1, 0.15) is 11.1 Å². The predicted molar refractivity (Wildman–Crippen MR) is 70.3 cm³/mol. The van der Waals surface area contributed by atoms with Crippen LogP contribution in [0.2, 0.25) is 5.02 Å². The number of rotatable bonds is 3. The van der Waals surface area contributed by atoms with Crippen molar-refractivity contribution in [2.45, 2.75) is 11.8 Å². The fraction of sp³-hybridized carbons (Fsp3) is 0.0909. The monoisotopic (exact) mass is 296 g/mol. The van der Waals surface area contributed by atoms with Crippen molar-refractivity contribution in [3.63, 3.8) is 0 Å². The first-order valence-corrected chi connectivity index (χ1v) is 7.02. The minimum Gasteiger partial charge on any atom is -0.264 e. The highest BCUT2D eigenvalue weighted by Gasteiger charge is 2.17. The molecule has 0 fully saturated rings. The summed E-state index contributed by atoms with van der Waals surface area (Å²) in [5.41, 5.74) is 0.890. The predicted octanol–water partition coefficient (Wildman–Crippen LogP) is 2.04. The molecule has 19 heavy (non-hydrogen) atoms. The minimum absolute atomic E-state index is 0.0227. The van der Waals surface area contributed by atoms with E-state index in [1.165, 1.54) is 24.4 Å². The standard InChI is InChI=1S/C11H9ClN4O2S/c1-7-6-14-15-11(7)16-19(17,18)9-3-2-8(5-13)10(12)4-9/h2-4,6H,1H3,(H2,14,15,16). The van der Waals surface area contributed by atoms with Crippen LogP contribution in [0.25, 0.3) is 0 Å². The number of aromatic amines is 1. The average Bonchev–Trinajstić information content (AvgIpc) is 2.74. The van der Waals surface area contributed by atoms with Crippen LogP contribution >= 0.6 is 11.6 Å². The van der Waals surface area contributed by atoms with Gasteiger partial charge in [0.1, 0.15) is 11.9 Å². The van der Waals surface area contributed by atoms with E-state index in [1.54, 1.807) is 6.92 Å². The summed E-state index contributed by atoms with van der Waals surface area (Å²) in [5, 5.41) is 15.1. The van der Waals surface area contributed by atoms with Crippen LogP contribution in [0.4, 0.5) is 5.82 Å². The minimum atomic E-state index is -3.77. The lowest BCUT2D eigenvalue weighted by molar-refractivity contribution is 0.601. The van der Waals surface area contributed by atoms with Crippen LogP contribution < -0.4 is 4.72 Å². The molecule has 0 saturated heterocycles. The summed E-state index contributed by atoms with van der Waals surface area (Å²) in [5.74, 6) is 0.292. The lowest BCUT2D eigenvalue weighted by Crippen LogP contribution is -2.14. The Bertz CT molecular complexity index is 761. The molecule has 1 aromatic heterocycles. The Morgan fingerprint density at radius 3 is 2.74 bits per heavy atom. The quantitative estimate of drug-likeness (QED) is 0.905. The molecule has 0 saturated carbocycles. The molecule has 0 aliphatic heterocycles. The van der Waals surface area contributed by atoms with Gasteiger partial charge in [0.05, 0.1) is 21.7 Å². The lowest BCUT2D eigenvalue weighted by atomic mass is 10.2. The number of halogens is 1. The zero-order valence-corrected chi connectivity index (χ0v) is 11.4. The Hall–Kier alpha value is -2.04. The molecule has 0 amide bonds. The van der Waals surface area contributed by atoms with Crippen molar-refractivity contribution in [2.75, 3.05) is 4.72 Å². The number of hydrogen-bond donors (Lipinski definition) is 2. The zero-order chi connectivity index (χ0) is 14.0. The SMILES string of the molecule is Cc1cn[nH]c1NS(=O)(=O)c1ccc(C#N)c(Cl)c1. The fourth-order valence-corrected chi connectivity index (χ4v) is 2.80. The van der Waals surface area contributed by atoms with E-state index in [-0.39, 0.29) is 15.5 Å². The van der Waals surface area contributed by atoms with Crippen LogP contribution in [0, 0.1) is 18.3 Å². The van der Waals surface area contributed by atoms with Gasteiger partial charge in [-0.25, -0.2) is 8.42 Å². The highest BCUT2D eigenvalue weighted by molar-refractivity contribution is 7.92. The second kappa shape index (κ2) is 4.91. The van der Waals surface area contributed by atoms with Gasteiger partial charge >= 0.3 is 0 Å². The second-order valence-corrected chi connectivity index (χ2v) is 5.88. The molecule has 1 aromatic carbocycles. The maximum absolute atomic E-state index is 12.1. The maximum atomic E-state index is 12.1. The van der Waals surface area contributed by atoms with Gasteiger partial charge < -0.3 is 0 Å². The Kier molecular flexibility index (Phi) is 3.46. The normalized spacial score (nSPS) is 11.0. The molecular weight excluding hydrogens is 288 g/mol. The van der Waals surface area contributed by atoms with Gasteiger partial charge in [0.15, 0.2) is 0 Å². The molecule has 1 heterocycles. The number of nitrogens with one attached hydrogen (secondary N) is 2. The molecule has 0 spiro atoms. The number of H-pyrrole nitrogens is 1. The Morgan fingerprint density at radius 2 is 2.21 bits per heavy atom. The molecule has 0 radical (unpaired) electrons. The molecule has 8 heteroatoms. The summed E-state index contributed by atoms with van der Waals surface area (Å²) in [4.78, 5) is -0.0227. The first kappa shape index (κ1) is 13.4. The highest BCUT2D eigenvalue weighted by atomic mass is 35.5. The fourth-order valence-electron chi connectivity index (χ4n) is 1.40. The second-order valence-electron chi connectivity index (χ2n) is 3.79. The summed E-state index contributed by atoms with van der Waals surface area (Å²) in [7, 11) is -3.77. The van der Waals surface area contributed by atoms with Gasteiger partial charge in [-0.2, -0.15) is 10.4 Å². The van der Waals surface area contributed by atoms with Gasteiger partial charge in [0.2, 0.25) is 0 Å². The number of aromatic nitrogens is 2. The van der Waals surface area contributed by atoms with E-state index in [0.29, 0.717) is 11.4 Å². The van der Waals surface area contributed by atoms with E-state index in [4.69, 9.17) is 16.9 Å². The van der Waals surface area contributed by atoms with E-state index in [0.717, 1.165) is 0 Å². The van der Waals surface area contributed by atoms with Crippen LogP contribution in [-0.2, 0) is 10.0 Å². The largest absolute Gasteiger partial charge is 0.264 e. The molecule has 0 aliphatic carbocycles. The van der Waals surface area contributed by atoms with Crippen LogP contribution in [0.3, 0.4) is 0 Å². The summed E-state index contributed by atoms with van der Waals surface area (Å²) >= 11 is 5.81. The Morgan fingerprint density at radius 1 is 1.47 bits per heavy atom. The van der Waals surface area contributed by atoms with E-state index in [2.05, 4.69) is 14.9 Å². The van der Waals surface area contributed by atoms with E-state index in [1.807, 2.05) is 6.07 Å². The third kappa shape index (κ3) is 2.70. The topological polar surface area (TPSA) is 98.6 Å². The maximum Gasteiger partial charge on any atom is 0.263 e. The Balaban J connectivity index is 2.38. The number of nitriles is 1. The first-order valence-electron chi connectivity index (χ1n) is 5.16. The number of hydrogen-bond acceptors (Lipinski definition) is 4. The van der Waals surface area contributed by atoms with E-state index in [9.17, 15) is 8.42 Å². The van der Waals surface area contributed by atoms with Crippen molar-refractivity contribution in [1.29, 1.82) is 5.26 Å². The lowest BCUT2D eigenvalue weighted by Gasteiger charge is -2.07. The van der Waals surface area contributed by atoms with Crippen molar-refractivity contribution in [3.8, 4) is 6.07 Å². The highest BCUT2D eigenvalue weighted by Crippen LogP contribution is 2.22. The van der Waals surface area contributed by atoms with Crippen LogP contribution in [0.5, 0.6) is 0 Å². The third-order valence-electron chi connectivity index (χ3n) is 2.44. The summed E-state index contributed by atoms with van der Waals surface area (Å²) < 4.78 is 26.6. The molecular formula is C11H9ClN4O2S. The molecule has 0 aliphatic rings. The van der Waals surface area contributed by atoms with Crippen LogP contribution in [-0.4, -0.2) is 18.6 Å². The number of nitrogens with zero attached hydrogens (tertiary/aromatic N) is 2. The van der Waals surface area contributed by atoms with Crippen molar-refractivity contribution >= 4 is 27.4 Å². The zero-order valence-electron chi connectivity index (χ0n) is 9.81. The number of anilines is 1. The van der Waals surface area contributed by atoms with Crippen molar-refractivity contribution in [1.82, 2.24) is 10.2 Å². The van der Waals surface area contributed by atoms with Gasteiger partial charge in [0, 0.05) is 5.56 Å². The third-order valence-corrected chi connectivity index (χ3v) is 4.10. The molecule has 0 unspecified atom stereocenters. The van der Waals surface area contributed by atoms with Crippen molar-refractivity contribution in [2.24, 2.45) is 0 Å². The van der Waals surface area contributed by atoms with Crippen molar-refractivity contribution < 1.29 is 8.42 Å². The van der Waals surface area contributed by atoms with E-state index < -0.39 is 10.0 Å². The number of benzene rings is 1. The average molecular weight is 297 g/mol. The number of sulfonamides is 1. The molecule has 2 rings (SSSR count). The summed E-state index contributed by atoms with van der Waals surface area (Å²) in [6.45, 7) is 1.72. The summed E-state index contributed by atoms with van der Waals surface area (Å²) in [6, 6.07) is 5.77. The Labute approximate surface area is 115 Å². The van der Waals surface area contributed by atoms with Gasteiger partial charge in [0.25, 0.3) is 10.0 Å². The number of aryl methyl sites for hydroxylation is 1.